The Kier molecular flexibility index (Phi) is 2.65. The van der Waals surface area contributed by atoms with Crippen LogP contribution in [0.25, 0.3) is 0 Å². The van der Waals surface area contributed by atoms with Gasteiger partial charge in [-0.1, -0.05) is 30.3 Å². The normalized spacial score (nSPS) is 13.8. The van der Waals surface area contributed by atoms with Crippen LogP contribution in [-0.2, 0) is 5.41 Å². The number of aromatic nitrogens is 2. The first kappa shape index (κ1) is 10.3. The van der Waals surface area contributed by atoms with Crippen molar-refractivity contribution in [3.63, 3.8) is 0 Å². The van der Waals surface area contributed by atoms with E-state index in [1.165, 1.54) is 0 Å². The largest absolute Gasteiger partial charge is 0.197 e. The second-order valence-electron chi connectivity index (χ2n) is 3.71. The van der Waals surface area contributed by atoms with E-state index >= 15 is 0 Å². The minimum atomic E-state index is -0.741. The van der Waals surface area contributed by atoms with Crippen molar-refractivity contribution in [2.75, 3.05) is 0 Å². The van der Waals surface area contributed by atoms with Crippen molar-refractivity contribution in [1.29, 1.82) is 5.26 Å². The highest BCUT2D eigenvalue weighted by molar-refractivity contribution is 5.40. The minimum absolute atomic E-state index is 0.670. The molecule has 0 fully saturated rings. The predicted octanol–water partition coefficient (Wildman–Crippen LogP) is 2.31. The summed E-state index contributed by atoms with van der Waals surface area (Å²) in [6.07, 6.45) is 1.60. The third-order valence-corrected chi connectivity index (χ3v) is 2.66. The van der Waals surface area contributed by atoms with Gasteiger partial charge in [0.1, 0.15) is 5.41 Å². The van der Waals surface area contributed by atoms with Crippen LogP contribution in [0.2, 0.25) is 0 Å². The van der Waals surface area contributed by atoms with Gasteiger partial charge in [0.2, 0.25) is 0 Å². The van der Waals surface area contributed by atoms with E-state index in [9.17, 15) is 5.26 Å². The lowest BCUT2D eigenvalue weighted by molar-refractivity contribution is 0.688. The van der Waals surface area contributed by atoms with Gasteiger partial charge in [-0.2, -0.15) is 15.5 Å². The molecule has 0 amide bonds. The first-order valence-electron chi connectivity index (χ1n) is 5.02. The molecule has 0 bridgehead atoms. The van der Waals surface area contributed by atoms with Crippen molar-refractivity contribution in [3.8, 4) is 6.07 Å². The average molecular weight is 209 g/mol. The summed E-state index contributed by atoms with van der Waals surface area (Å²) in [4.78, 5) is 0. The van der Waals surface area contributed by atoms with Crippen LogP contribution in [0, 0.1) is 11.3 Å². The Morgan fingerprint density at radius 3 is 2.44 bits per heavy atom. The fraction of sp³-hybridized carbons (Fsp3) is 0.154. The molecular weight excluding hydrogens is 198 g/mol. The summed E-state index contributed by atoms with van der Waals surface area (Å²) in [7, 11) is 0. The van der Waals surface area contributed by atoms with E-state index in [0.29, 0.717) is 5.69 Å². The maximum absolute atomic E-state index is 9.37. The third kappa shape index (κ3) is 1.66. The first-order chi connectivity index (χ1) is 7.77. The van der Waals surface area contributed by atoms with Crippen LogP contribution in [0.4, 0.5) is 0 Å². The average Bonchev–Trinajstić information content (AvgIpc) is 2.40. The summed E-state index contributed by atoms with van der Waals surface area (Å²) >= 11 is 0. The maximum Gasteiger partial charge on any atom is 0.123 e. The Morgan fingerprint density at radius 1 is 1.12 bits per heavy atom. The molecule has 0 spiro atoms. The molecule has 1 aromatic carbocycles. The fourth-order valence-electron chi connectivity index (χ4n) is 1.61. The van der Waals surface area contributed by atoms with Crippen LogP contribution < -0.4 is 0 Å². The SMILES string of the molecule is CC(C#N)(c1ccccc1)c1cccnn1. The summed E-state index contributed by atoms with van der Waals surface area (Å²) in [5, 5.41) is 17.2. The standard InChI is InChI=1S/C13H11N3/c1-13(10-14,11-6-3-2-4-7-11)12-8-5-9-15-16-12/h2-9H,1H3. The first-order valence-corrected chi connectivity index (χ1v) is 5.02. The summed E-state index contributed by atoms with van der Waals surface area (Å²) in [5.41, 5.74) is 0.858. The van der Waals surface area contributed by atoms with Gasteiger partial charge in [-0.25, -0.2) is 0 Å². The Morgan fingerprint density at radius 2 is 1.88 bits per heavy atom. The quantitative estimate of drug-likeness (QED) is 0.762. The van der Waals surface area contributed by atoms with E-state index in [1.807, 2.05) is 43.3 Å². The lowest BCUT2D eigenvalue weighted by Crippen LogP contribution is -2.23. The van der Waals surface area contributed by atoms with Gasteiger partial charge in [-0.3, -0.25) is 0 Å². The van der Waals surface area contributed by atoms with Gasteiger partial charge < -0.3 is 0 Å². The molecule has 0 aliphatic carbocycles. The molecule has 0 saturated heterocycles. The number of hydrogen-bond acceptors (Lipinski definition) is 3. The van der Waals surface area contributed by atoms with E-state index in [-0.39, 0.29) is 0 Å². The highest BCUT2D eigenvalue weighted by Gasteiger charge is 2.30. The summed E-state index contributed by atoms with van der Waals surface area (Å²) < 4.78 is 0. The van der Waals surface area contributed by atoms with E-state index in [2.05, 4.69) is 16.3 Å². The molecule has 2 rings (SSSR count). The molecule has 3 heteroatoms. The molecule has 1 atom stereocenters. The summed E-state index contributed by atoms with van der Waals surface area (Å²) in [6, 6.07) is 15.5. The van der Waals surface area contributed by atoms with Gasteiger partial charge in [0.25, 0.3) is 0 Å². The zero-order chi connectivity index (χ0) is 11.4. The Balaban J connectivity index is 2.55. The predicted molar refractivity (Wildman–Crippen MR) is 60.5 cm³/mol. The smallest absolute Gasteiger partial charge is 0.123 e. The van der Waals surface area contributed by atoms with E-state index in [4.69, 9.17) is 0 Å². The molecule has 0 aliphatic rings. The second-order valence-corrected chi connectivity index (χ2v) is 3.71. The number of benzene rings is 1. The van der Waals surface area contributed by atoms with Gasteiger partial charge in [0.15, 0.2) is 0 Å². The van der Waals surface area contributed by atoms with Crippen molar-refractivity contribution in [2.45, 2.75) is 12.3 Å². The lowest BCUT2D eigenvalue weighted by atomic mass is 9.81. The molecule has 3 nitrogen and oxygen atoms in total. The monoisotopic (exact) mass is 209 g/mol. The molecule has 0 radical (unpaired) electrons. The number of rotatable bonds is 2. The fourth-order valence-corrected chi connectivity index (χ4v) is 1.61. The third-order valence-electron chi connectivity index (χ3n) is 2.66. The van der Waals surface area contributed by atoms with Crippen molar-refractivity contribution in [2.24, 2.45) is 0 Å². The van der Waals surface area contributed by atoms with Crippen molar-refractivity contribution < 1.29 is 0 Å². The maximum atomic E-state index is 9.37. The Bertz CT molecular complexity index is 460. The molecule has 0 saturated carbocycles. The van der Waals surface area contributed by atoms with E-state index < -0.39 is 5.41 Å². The van der Waals surface area contributed by atoms with E-state index in [1.54, 1.807) is 12.3 Å². The second kappa shape index (κ2) is 4.11. The van der Waals surface area contributed by atoms with Crippen LogP contribution >= 0.6 is 0 Å². The van der Waals surface area contributed by atoms with Crippen LogP contribution in [0.15, 0.2) is 48.7 Å². The molecule has 1 heterocycles. The number of nitriles is 1. The molecule has 78 valence electrons. The summed E-state index contributed by atoms with van der Waals surface area (Å²) in [6.45, 7) is 1.85. The van der Waals surface area contributed by atoms with Crippen LogP contribution in [-0.4, -0.2) is 10.2 Å². The zero-order valence-electron chi connectivity index (χ0n) is 8.96. The molecule has 0 aliphatic heterocycles. The molecule has 1 unspecified atom stereocenters. The van der Waals surface area contributed by atoms with Gasteiger partial charge in [-0.15, -0.1) is 0 Å². The minimum Gasteiger partial charge on any atom is -0.197 e. The van der Waals surface area contributed by atoms with Crippen molar-refractivity contribution in [3.05, 3.63) is 59.9 Å². The van der Waals surface area contributed by atoms with Crippen LogP contribution in [0.3, 0.4) is 0 Å². The van der Waals surface area contributed by atoms with Gasteiger partial charge >= 0.3 is 0 Å². The molecule has 0 N–H and O–H groups in total. The zero-order valence-corrected chi connectivity index (χ0v) is 8.96. The molecule has 2 aromatic rings. The Hall–Kier alpha value is -2.21. The lowest BCUT2D eigenvalue weighted by Gasteiger charge is -2.20. The molecule has 16 heavy (non-hydrogen) atoms. The number of nitrogens with zero attached hydrogens (tertiary/aromatic N) is 3. The van der Waals surface area contributed by atoms with Gasteiger partial charge in [-0.05, 0) is 24.6 Å². The molecule has 1 aromatic heterocycles. The molecular formula is C13H11N3. The van der Waals surface area contributed by atoms with Crippen molar-refractivity contribution >= 4 is 0 Å². The van der Waals surface area contributed by atoms with Gasteiger partial charge in [0.05, 0.1) is 11.8 Å². The van der Waals surface area contributed by atoms with E-state index in [0.717, 1.165) is 5.56 Å². The van der Waals surface area contributed by atoms with Crippen LogP contribution in [0.1, 0.15) is 18.2 Å². The van der Waals surface area contributed by atoms with Crippen molar-refractivity contribution in [1.82, 2.24) is 10.2 Å². The highest BCUT2D eigenvalue weighted by Crippen LogP contribution is 2.28. The Labute approximate surface area is 94.4 Å². The van der Waals surface area contributed by atoms with Crippen LogP contribution in [0.5, 0.6) is 0 Å². The topological polar surface area (TPSA) is 49.6 Å². The summed E-state index contributed by atoms with van der Waals surface area (Å²) in [5.74, 6) is 0. The highest BCUT2D eigenvalue weighted by atomic mass is 15.1. The number of hydrogen-bond donors (Lipinski definition) is 0. The van der Waals surface area contributed by atoms with Gasteiger partial charge in [0, 0.05) is 6.20 Å².